The summed E-state index contributed by atoms with van der Waals surface area (Å²) in [7, 11) is 1.48. The fourth-order valence-electron chi connectivity index (χ4n) is 1.94. The van der Waals surface area contributed by atoms with Gasteiger partial charge in [0, 0.05) is 18.5 Å². The summed E-state index contributed by atoms with van der Waals surface area (Å²) in [6, 6.07) is 7.05. The number of methoxy groups -OCH3 is 1. The number of hydrogen-bond acceptors (Lipinski definition) is 4. The zero-order valence-corrected chi connectivity index (χ0v) is 14.2. The Morgan fingerprint density at radius 1 is 1.26 bits per heavy atom. The maximum atomic E-state index is 11.8. The first kappa shape index (κ1) is 19.4. The molecule has 0 saturated heterocycles. The molecule has 1 saturated carbocycles. The van der Waals surface area contributed by atoms with E-state index in [9.17, 15) is 9.59 Å². The third kappa shape index (κ3) is 6.99. The molecule has 1 fully saturated rings. The van der Waals surface area contributed by atoms with Crippen molar-refractivity contribution in [3.05, 3.63) is 24.3 Å². The smallest absolute Gasteiger partial charge is 0.253 e. The predicted octanol–water partition coefficient (Wildman–Crippen LogP) is 2.02. The van der Waals surface area contributed by atoms with Crippen LogP contribution in [0.3, 0.4) is 0 Å². The molecule has 0 radical (unpaired) electrons. The molecule has 2 rings (SSSR count). The molecule has 0 aromatic heterocycles. The Morgan fingerprint density at radius 3 is 2.52 bits per heavy atom. The molecule has 1 aliphatic carbocycles. The summed E-state index contributed by atoms with van der Waals surface area (Å²) in [4.78, 5) is 23.6. The fourth-order valence-corrected chi connectivity index (χ4v) is 1.94. The minimum Gasteiger partial charge on any atom is -0.372 e. The van der Waals surface area contributed by atoms with Gasteiger partial charge in [0.05, 0.1) is 6.54 Å². The van der Waals surface area contributed by atoms with Crippen molar-refractivity contribution in [1.29, 1.82) is 0 Å². The van der Waals surface area contributed by atoms with Gasteiger partial charge in [-0.2, -0.15) is 0 Å². The van der Waals surface area contributed by atoms with Crippen molar-refractivity contribution in [2.24, 2.45) is 5.92 Å². The van der Waals surface area contributed by atoms with Crippen LogP contribution < -0.4 is 16.0 Å². The zero-order valence-electron chi connectivity index (χ0n) is 13.4. The lowest BCUT2D eigenvalue weighted by atomic mass is 10.2. The lowest BCUT2D eigenvalue weighted by Gasteiger charge is -2.12. The first-order valence-electron chi connectivity index (χ1n) is 7.52. The number of anilines is 2. The second kappa shape index (κ2) is 9.50. The summed E-state index contributed by atoms with van der Waals surface area (Å²) in [5.41, 5.74) is 1.28. The molecule has 1 unspecified atom stereocenters. The number of ether oxygens (including phenoxy) is 1. The molecule has 0 bridgehead atoms. The van der Waals surface area contributed by atoms with Crippen LogP contribution in [0.25, 0.3) is 0 Å². The summed E-state index contributed by atoms with van der Waals surface area (Å²) >= 11 is 0. The summed E-state index contributed by atoms with van der Waals surface area (Å²) in [6.07, 6.45) is 2.00. The molecule has 1 aliphatic rings. The molecule has 0 spiro atoms. The molecule has 7 heteroatoms. The van der Waals surface area contributed by atoms with E-state index in [4.69, 9.17) is 4.74 Å². The highest BCUT2D eigenvalue weighted by Gasteiger charge is 2.20. The average molecular weight is 342 g/mol. The summed E-state index contributed by atoms with van der Waals surface area (Å²) < 4.78 is 4.96. The molecule has 1 aromatic carbocycles. The van der Waals surface area contributed by atoms with Gasteiger partial charge in [-0.05, 0) is 50.4 Å². The van der Waals surface area contributed by atoms with Crippen molar-refractivity contribution in [1.82, 2.24) is 5.32 Å². The van der Waals surface area contributed by atoms with Gasteiger partial charge in [0.15, 0.2) is 0 Å². The van der Waals surface area contributed by atoms with Crippen molar-refractivity contribution in [2.75, 3.05) is 30.8 Å². The van der Waals surface area contributed by atoms with Crippen LogP contribution in [0.1, 0.15) is 19.8 Å². The maximum absolute atomic E-state index is 11.8. The lowest BCUT2D eigenvalue weighted by molar-refractivity contribution is -0.124. The highest BCUT2D eigenvalue weighted by molar-refractivity contribution is 5.96. The van der Waals surface area contributed by atoms with E-state index in [0.29, 0.717) is 17.9 Å². The minimum atomic E-state index is -0.523. The van der Waals surface area contributed by atoms with Gasteiger partial charge in [-0.15, -0.1) is 12.4 Å². The van der Waals surface area contributed by atoms with E-state index < -0.39 is 6.10 Å². The third-order valence-electron chi connectivity index (χ3n) is 3.55. The first-order valence-corrected chi connectivity index (χ1v) is 7.52. The van der Waals surface area contributed by atoms with Crippen molar-refractivity contribution in [3.63, 3.8) is 0 Å². The van der Waals surface area contributed by atoms with E-state index >= 15 is 0 Å². The number of rotatable bonds is 8. The van der Waals surface area contributed by atoms with Gasteiger partial charge >= 0.3 is 0 Å². The van der Waals surface area contributed by atoms with Gasteiger partial charge < -0.3 is 20.7 Å². The average Bonchev–Trinajstić information content (AvgIpc) is 3.31. The summed E-state index contributed by atoms with van der Waals surface area (Å²) in [5.74, 6) is 0.431. The van der Waals surface area contributed by atoms with Crippen LogP contribution in [0.2, 0.25) is 0 Å². The van der Waals surface area contributed by atoms with Crippen LogP contribution in [0.5, 0.6) is 0 Å². The number of nitrogens with one attached hydrogen (secondary N) is 3. The van der Waals surface area contributed by atoms with Crippen molar-refractivity contribution >= 4 is 35.6 Å². The quantitative estimate of drug-likeness (QED) is 0.676. The van der Waals surface area contributed by atoms with Crippen molar-refractivity contribution in [3.8, 4) is 0 Å². The predicted molar refractivity (Wildman–Crippen MR) is 93.0 cm³/mol. The van der Waals surface area contributed by atoms with Gasteiger partial charge in [-0.1, -0.05) is 6.07 Å². The monoisotopic (exact) mass is 341 g/mol. The van der Waals surface area contributed by atoms with E-state index in [1.165, 1.54) is 20.0 Å². The molecule has 1 atom stereocenters. The molecule has 3 N–H and O–H groups in total. The van der Waals surface area contributed by atoms with Crippen LogP contribution >= 0.6 is 12.4 Å². The molecule has 0 heterocycles. The molecule has 23 heavy (non-hydrogen) atoms. The molecular weight excluding hydrogens is 318 g/mol. The summed E-state index contributed by atoms with van der Waals surface area (Å²) in [5, 5.41) is 8.69. The Labute approximate surface area is 142 Å². The highest BCUT2D eigenvalue weighted by Crippen LogP contribution is 2.27. The van der Waals surface area contributed by atoms with Gasteiger partial charge in [0.2, 0.25) is 5.91 Å². The standard InChI is InChI=1S/C16H23N3O3.ClH/c1-11(22-2)16(21)19-14-5-3-4-13(8-14)18-15(20)10-17-9-12-6-7-12;/h3-5,8,11-12,17H,6-7,9-10H2,1-2H3,(H,18,20)(H,19,21);1H. The molecular formula is C16H24ClN3O3. The topological polar surface area (TPSA) is 79.5 Å². The molecule has 1 aromatic rings. The lowest BCUT2D eigenvalue weighted by Crippen LogP contribution is -2.29. The number of amides is 2. The number of benzene rings is 1. The largest absolute Gasteiger partial charge is 0.372 e. The Hall–Kier alpha value is -1.63. The minimum absolute atomic E-state index is 0. The third-order valence-corrected chi connectivity index (χ3v) is 3.55. The van der Waals surface area contributed by atoms with Crippen molar-refractivity contribution < 1.29 is 14.3 Å². The van der Waals surface area contributed by atoms with Crippen LogP contribution in [0, 0.1) is 5.92 Å². The summed E-state index contributed by atoms with van der Waals surface area (Å²) in [6.45, 7) is 2.87. The van der Waals surface area contributed by atoms with E-state index in [1.54, 1.807) is 31.2 Å². The molecule has 6 nitrogen and oxygen atoms in total. The number of carbonyl (C=O) groups is 2. The molecule has 2 amide bonds. The maximum Gasteiger partial charge on any atom is 0.253 e. The van der Waals surface area contributed by atoms with Crippen molar-refractivity contribution in [2.45, 2.75) is 25.9 Å². The first-order chi connectivity index (χ1) is 10.6. The van der Waals surface area contributed by atoms with Gasteiger partial charge in [0.25, 0.3) is 5.91 Å². The van der Waals surface area contributed by atoms with E-state index in [-0.39, 0.29) is 24.2 Å². The SMILES string of the molecule is COC(C)C(=O)Nc1cccc(NC(=O)CNCC2CC2)c1.Cl. The molecule has 0 aliphatic heterocycles. The Morgan fingerprint density at radius 2 is 1.91 bits per heavy atom. The molecule has 128 valence electrons. The second-order valence-corrected chi connectivity index (χ2v) is 5.57. The second-order valence-electron chi connectivity index (χ2n) is 5.57. The Bertz CT molecular complexity index is 535. The number of halogens is 1. The fraction of sp³-hybridized carbons (Fsp3) is 0.500. The number of carbonyl (C=O) groups excluding carboxylic acids is 2. The van der Waals surface area contributed by atoms with Crippen LogP contribution in [0.4, 0.5) is 11.4 Å². The van der Waals surface area contributed by atoms with E-state index in [2.05, 4.69) is 16.0 Å². The van der Waals surface area contributed by atoms with Crippen LogP contribution in [-0.2, 0) is 14.3 Å². The Balaban J connectivity index is 0.00000264. The van der Waals surface area contributed by atoms with E-state index in [0.717, 1.165) is 12.5 Å². The van der Waals surface area contributed by atoms with E-state index in [1.807, 2.05) is 0 Å². The number of hydrogen-bond donors (Lipinski definition) is 3. The zero-order chi connectivity index (χ0) is 15.9. The van der Waals surface area contributed by atoms with Gasteiger partial charge in [0.1, 0.15) is 6.10 Å². The normalized spacial score (nSPS) is 14.5. The van der Waals surface area contributed by atoms with Gasteiger partial charge in [-0.25, -0.2) is 0 Å². The van der Waals surface area contributed by atoms with Crippen LogP contribution in [0.15, 0.2) is 24.3 Å². The Kier molecular flexibility index (Phi) is 8.02. The van der Waals surface area contributed by atoms with Gasteiger partial charge in [-0.3, -0.25) is 9.59 Å². The van der Waals surface area contributed by atoms with Crippen LogP contribution in [-0.4, -0.2) is 38.1 Å². The highest BCUT2D eigenvalue weighted by atomic mass is 35.5.